The van der Waals surface area contributed by atoms with Gasteiger partial charge in [-0.3, -0.25) is 4.99 Å². The summed E-state index contributed by atoms with van der Waals surface area (Å²) in [4.78, 5) is 8.36. The molecule has 2 aliphatic heterocycles. The zero-order chi connectivity index (χ0) is 16.2. The molecule has 4 rings (SSSR count). The molecule has 1 saturated heterocycles. The monoisotopic (exact) mass is 327 g/mol. The Morgan fingerprint density at radius 3 is 2.52 bits per heavy atom. The van der Waals surface area contributed by atoms with E-state index in [0.717, 1.165) is 17.1 Å². The lowest BCUT2D eigenvalue weighted by Crippen LogP contribution is -2.24. The van der Waals surface area contributed by atoms with Gasteiger partial charge in [0.05, 0.1) is 11.4 Å². The maximum absolute atomic E-state index is 4.66. The van der Waals surface area contributed by atoms with Crippen LogP contribution in [0.15, 0.2) is 35.3 Å². The molecule has 1 aromatic heterocycles. The van der Waals surface area contributed by atoms with Crippen molar-refractivity contribution in [3.8, 4) is 0 Å². The molecule has 0 amide bonds. The van der Waals surface area contributed by atoms with E-state index in [2.05, 4.69) is 48.2 Å². The number of nitrogens with zero attached hydrogens (tertiary/aromatic N) is 2. The largest absolute Gasteiger partial charge is 0.345 e. The Balaban J connectivity index is 0.000000188. The second kappa shape index (κ2) is 7.28. The second-order valence-corrected chi connectivity index (χ2v) is 7.56. The highest BCUT2D eigenvalue weighted by atomic mass is 32.1. The van der Waals surface area contributed by atoms with Crippen LogP contribution >= 0.6 is 11.3 Å². The Labute approximate surface area is 143 Å². The summed E-state index contributed by atoms with van der Waals surface area (Å²) < 4.78 is 0. The molecule has 0 saturated carbocycles. The Kier molecular flexibility index (Phi) is 5.13. The topological polar surface area (TPSA) is 27.6 Å². The van der Waals surface area contributed by atoms with Gasteiger partial charge in [0.1, 0.15) is 5.00 Å². The van der Waals surface area contributed by atoms with Gasteiger partial charge in [0.2, 0.25) is 0 Å². The molecule has 3 nitrogen and oxygen atoms in total. The lowest BCUT2D eigenvalue weighted by atomic mass is 10.1. The van der Waals surface area contributed by atoms with Crippen LogP contribution in [0.1, 0.15) is 36.6 Å². The van der Waals surface area contributed by atoms with E-state index in [1.165, 1.54) is 47.8 Å². The third-order valence-electron chi connectivity index (χ3n) is 4.27. The maximum Gasteiger partial charge on any atom is 0.102 e. The number of nitrogens with one attached hydrogen (secondary N) is 1. The van der Waals surface area contributed by atoms with Gasteiger partial charge in [-0.2, -0.15) is 0 Å². The summed E-state index contributed by atoms with van der Waals surface area (Å²) in [6.07, 6.45) is 4.28. The lowest BCUT2D eigenvalue weighted by molar-refractivity contribution is 0.277. The van der Waals surface area contributed by atoms with Crippen molar-refractivity contribution in [2.45, 2.75) is 33.1 Å². The SMILES string of the molecule is CC1=Nc2ccccc2Nc2sc(C)cc21.CN1CCCCC1. The minimum atomic E-state index is 1.01. The van der Waals surface area contributed by atoms with Crippen molar-refractivity contribution in [3.05, 3.63) is 40.8 Å². The van der Waals surface area contributed by atoms with Gasteiger partial charge in [-0.05, 0) is 65.0 Å². The minimum Gasteiger partial charge on any atom is -0.345 e. The van der Waals surface area contributed by atoms with Crippen LogP contribution in [-0.2, 0) is 0 Å². The van der Waals surface area contributed by atoms with Crippen LogP contribution in [0.3, 0.4) is 0 Å². The summed E-state index contributed by atoms with van der Waals surface area (Å²) in [6, 6.07) is 10.3. The first-order chi connectivity index (χ1) is 11.1. The predicted molar refractivity (Wildman–Crippen MR) is 102 cm³/mol. The molecular weight excluding hydrogens is 302 g/mol. The molecular formula is C19H25N3S. The van der Waals surface area contributed by atoms with Crippen LogP contribution in [0.4, 0.5) is 16.4 Å². The molecule has 0 unspecified atom stereocenters. The number of benzene rings is 1. The molecule has 0 atom stereocenters. The molecule has 0 spiro atoms. The summed E-state index contributed by atoms with van der Waals surface area (Å²) in [5.41, 5.74) is 4.40. The normalized spacial score (nSPS) is 16.9. The lowest BCUT2D eigenvalue weighted by Gasteiger charge is -2.20. The first kappa shape index (κ1) is 16.2. The van der Waals surface area contributed by atoms with E-state index in [0.29, 0.717) is 0 Å². The number of fused-ring (bicyclic) bond motifs is 2. The van der Waals surface area contributed by atoms with Crippen LogP contribution < -0.4 is 5.32 Å². The zero-order valence-electron chi connectivity index (χ0n) is 14.2. The predicted octanol–water partition coefficient (Wildman–Crippen LogP) is 5.36. The fourth-order valence-corrected chi connectivity index (χ4v) is 3.94. The molecule has 4 heteroatoms. The number of hydrogen-bond acceptors (Lipinski definition) is 4. The average Bonchev–Trinajstić information content (AvgIpc) is 2.85. The number of aryl methyl sites for hydroxylation is 1. The Hall–Kier alpha value is -1.65. The number of anilines is 2. The molecule has 2 aromatic rings. The molecule has 2 aliphatic rings. The van der Waals surface area contributed by atoms with Crippen LogP contribution in [0.5, 0.6) is 0 Å². The third-order valence-corrected chi connectivity index (χ3v) is 5.23. The number of likely N-dealkylation sites (tertiary alicyclic amines) is 1. The first-order valence-electron chi connectivity index (χ1n) is 8.34. The van der Waals surface area contributed by atoms with E-state index < -0.39 is 0 Å². The van der Waals surface area contributed by atoms with Crippen molar-refractivity contribution >= 4 is 33.4 Å². The molecule has 23 heavy (non-hydrogen) atoms. The van der Waals surface area contributed by atoms with Crippen molar-refractivity contribution in [2.24, 2.45) is 4.99 Å². The van der Waals surface area contributed by atoms with Crippen LogP contribution in [0.2, 0.25) is 0 Å². The molecule has 0 aliphatic carbocycles. The number of thiophene rings is 1. The van der Waals surface area contributed by atoms with E-state index in [1.807, 2.05) is 18.2 Å². The number of hydrogen-bond donors (Lipinski definition) is 1. The standard InChI is InChI=1S/C13H12N2S.C6H13N/c1-8-7-10-9(2)14-11-5-3-4-6-12(11)15-13(10)16-8;1-7-5-3-2-4-6-7/h3-7,15H,1-2H3;2-6H2,1H3. The van der Waals surface area contributed by atoms with E-state index in [1.54, 1.807) is 11.3 Å². The average molecular weight is 327 g/mol. The fourth-order valence-electron chi connectivity index (χ4n) is 2.97. The van der Waals surface area contributed by atoms with Gasteiger partial charge < -0.3 is 10.2 Å². The molecule has 1 fully saturated rings. The molecule has 1 N–H and O–H groups in total. The highest BCUT2D eigenvalue weighted by molar-refractivity contribution is 7.16. The highest BCUT2D eigenvalue weighted by Gasteiger charge is 2.15. The first-order valence-corrected chi connectivity index (χ1v) is 9.16. The van der Waals surface area contributed by atoms with Crippen molar-refractivity contribution in [1.29, 1.82) is 0 Å². The molecule has 3 heterocycles. The van der Waals surface area contributed by atoms with E-state index in [-0.39, 0.29) is 0 Å². The van der Waals surface area contributed by atoms with E-state index in [4.69, 9.17) is 0 Å². The zero-order valence-corrected chi connectivity index (χ0v) is 15.0. The number of para-hydroxylation sites is 2. The van der Waals surface area contributed by atoms with Crippen LogP contribution in [-0.4, -0.2) is 30.7 Å². The van der Waals surface area contributed by atoms with Gasteiger partial charge in [-0.25, -0.2) is 0 Å². The summed E-state index contributed by atoms with van der Waals surface area (Å²) in [7, 11) is 2.19. The summed E-state index contributed by atoms with van der Waals surface area (Å²) in [5, 5.41) is 4.66. The smallest absolute Gasteiger partial charge is 0.102 e. The van der Waals surface area contributed by atoms with Crippen LogP contribution in [0.25, 0.3) is 0 Å². The third kappa shape index (κ3) is 4.01. The van der Waals surface area contributed by atoms with Crippen LogP contribution in [0, 0.1) is 6.92 Å². The van der Waals surface area contributed by atoms with Gasteiger partial charge >= 0.3 is 0 Å². The van der Waals surface area contributed by atoms with Crippen molar-refractivity contribution in [3.63, 3.8) is 0 Å². The number of piperidine rings is 1. The quantitative estimate of drug-likeness (QED) is 0.705. The summed E-state index contributed by atoms with van der Waals surface area (Å²) >= 11 is 1.78. The van der Waals surface area contributed by atoms with Crippen molar-refractivity contribution in [2.75, 3.05) is 25.5 Å². The number of aliphatic imine (C=N–C) groups is 1. The molecule has 1 aromatic carbocycles. The molecule has 0 radical (unpaired) electrons. The second-order valence-electron chi connectivity index (χ2n) is 6.30. The van der Waals surface area contributed by atoms with E-state index in [9.17, 15) is 0 Å². The Bertz CT molecular complexity index is 696. The summed E-state index contributed by atoms with van der Waals surface area (Å²) in [5.74, 6) is 0. The Morgan fingerprint density at radius 2 is 1.83 bits per heavy atom. The highest BCUT2D eigenvalue weighted by Crippen LogP contribution is 2.38. The van der Waals surface area contributed by atoms with Gasteiger partial charge in [0.15, 0.2) is 0 Å². The minimum absolute atomic E-state index is 1.01. The van der Waals surface area contributed by atoms with Crippen molar-refractivity contribution in [1.82, 2.24) is 4.90 Å². The maximum atomic E-state index is 4.66. The molecule has 122 valence electrons. The van der Waals surface area contributed by atoms with Gasteiger partial charge in [0.25, 0.3) is 0 Å². The Morgan fingerprint density at radius 1 is 1.09 bits per heavy atom. The van der Waals surface area contributed by atoms with E-state index >= 15 is 0 Å². The van der Waals surface area contributed by atoms with Gasteiger partial charge in [0, 0.05) is 16.2 Å². The fraction of sp³-hybridized carbons (Fsp3) is 0.421. The summed E-state index contributed by atoms with van der Waals surface area (Å²) in [6.45, 7) is 6.83. The van der Waals surface area contributed by atoms with Crippen molar-refractivity contribution < 1.29 is 0 Å². The van der Waals surface area contributed by atoms with Gasteiger partial charge in [-0.1, -0.05) is 18.6 Å². The molecule has 0 bridgehead atoms. The van der Waals surface area contributed by atoms with Gasteiger partial charge in [-0.15, -0.1) is 11.3 Å². The number of rotatable bonds is 0.